The molecule has 1 aromatic carbocycles. The molecule has 0 spiro atoms. The van der Waals surface area contributed by atoms with Crippen molar-refractivity contribution in [2.75, 3.05) is 5.32 Å². The summed E-state index contributed by atoms with van der Waals surface area (Å²) < 4.78 is 1.46. The molecular weight excluding hydrogens is 410 g/mol. The van der Waals surface area contributed by atoms with Crippen molar-refractivity contribution in [2.24, 2.45) is 0 Å². The Bertz CT molecular complexity index is 716. The van der Waals surface area contributed by atoms with Gasteiger partial charge in [0.25, 0.3) is 0 Å². The smallest absolute Gasteiger partial charge is 0.342 e. The quantitative estimate of drug-likeness (QED) is 0.577. The first kappa shape index (κ1) is 15.4. The lowest BCUT2D eigenvalue weighted by atomic mass is 10.2. The average Bonchev–Trinajstić information content (AvgIpc) is 2.42. The molecule has 1 aromatic heterocycles. The molecule has 21 heavy (non-hydrogen) atoms. The van der Waals surface area contributed by atoms with Crippen molar-refractivity contribution in [2.45, 2.75) is 0 Å². The van der Waals surface area contributed by atoms with Crippen molar-refractivity contribution in [3.8, 4) is 0 Å². The van der Waals surface area contributed by atoms with Crippen LogP contribution in [0.4, 0.5) is 17.2 Å². The molecule has 108 valence electrons. The van der Waals surface area contributed by atoms with Crippen LogP contribution in [0.15, 0.2) is 39.4 Å². The van der Waals surface area contributed by atoms with Crippen molar-refractivity contribution in [1.29, 1.82) is 0 Å². The van der Waals surface area contributed by atoms with Gasteiger partial charge in [0, 0.05) is 15.0 Å². The van der Waals surface area contributed by atoms with Crippen molar-refractivity contribution < 1.29 is 14.8 Å². The lowest BCUT2D eigenvalue weighted by Gasteiger charge is -2.10. The van der Waals surface area contributed by atoms with Crippen LogP contribution < -0.4 is 5.32 Å². The maximum Gasteiger partial charge on any atom is 0.342 e. The van der Waals surface area contributed by atoms with E-state index in [9.17, 15) is 14.9 Å². The number of hydrogen-bond donors (Lipinski definition) is 2. The van der Waals surface area contributed by atoms with E-state index in [4.69, 9.17) is 5.11 Å². The predicted octanol–water partition coefficient (Wildman–Crippen LogP) is 3.96. The maximum atomic E-state index is 11.1. The average molecular weight is 417 g/mol. The Balaban J connectivity index is 2.44. The molecule has 0 aliphatic rings. The highest BCUT2D eigenvalue weighted by atomic mass is 79.9. The summed E-state index contributed by atoms with van der Waals surface area (Å²) >= 11 is 6.69. The molecule has 0 radical (unpaired) electrons. The van der Waals surface area contributed by atoms with Crippen molar-refractivity contribution in [1.82, 2.24) is 4.98 Å². The number of carboxylic acid groups (broad SMARTS) is 1. The maximum absolute atomic E-state index is 11.1. The molecule has 0 saturated heterocycles. The van der Waals surface area contributed by atoms with Crippen LogP contribution in [0, 0.1) is 10.1 Å². The number of anilines is 2. The van der Waals surface area contributed by atoms with Crippen molar-refractivity contribution in [3.05, 3.63) is 55.1 Å². The molecule has 0 aliphatic heterocycles. The monoisotopic (exact) mass is 415 g/mol. The molecule has 2 rings (SSSR count). The normalized spacial score (nSPS) is 10.2. The van der Waals surface area contributed by atoms with E-state index in [0.29, 0.717) is 5.69 Å². The summed E-state index contributed by atoms with van der Waals surface area (Å²) in [6, 6.07) is 6.50. The van der Waals surface area contributed by atoms with Crippen molar-refractivity contribution in [3.63, 3.8) is 0 Å². The zero-order chi connectivity index (χ0) is 15.6. The van der Waals surface area contributed by atoms with E-state index in [1.54, 1.807) is 12.1 Å². The number of carboxylic acids is 1. The summed E-state index contributed by atoms with van der Waals surface area (Å²) in [5.74, 6) is -1.20. The standard InChI is InChI=1S/C12H7Br2N3O4/c13-7-2-1-3-8(14)11(7)16-10-4-6(12(18)19)9(5-15-10)17(20)21/h1-5H,(H,15,16)(H,18,19). The molecule has 2 N–H and O–H groups in total. The van der Waals surface area contributed by atoms with E-state index in [1.807, 2.05) is 6.07 Å². The number of para-hydroxylation sites is 1. The van der Waals surface area contributed by atoms with Gasteiger partial charge in [-0.25, -0.2) is 9.78 Å². The highest BCUT2D eigenvalue weighted by Crippen LogP contribution is 2.33. The Hall–Kier alpha value is -2.00. The van der Waals surface area contributed by atoms with Crippen LogP contribution >= 0.6 is 31.9 Å². The summed E-state index contributed by atoms with van der Waals surface area (Å²) in [6.07, 6.45) is 0.913. The van der Waals surface area contributed by atoms with Gasteiger partial charge < -0.3 is 10.4 Å². The van der Waals surface area contributed by atoms with E-state index in [1.165, 1.54) is 0 Å². The number of aromatic nitrogens is 1. The molecule has 0 aliphatic carbocycles. The minimum Gasteiger partial charge on any atom is -0.477 e. The van der Waals surface area contributed by atoms with Crippen LogP contribution in [0.1, 0.15) is 10.4 Å². The lowest BCUT2D eigenvalue weighted by Crippen LogP contribution is -2.05. The number of benzene rings is 1. The first-order chi connectivity index (χ1) is 9.90. The molecule has 0 bridgehead atoms. The van der Waals surface area contributed by atoms with Crippen molar-refractivity contribution >= 4 is 55.0 Å². The van der Waals surface area contributed by atoms with E-state index < -0.39 is 22.1 Å². The van der Waals surface area contributed by atoms with E-state index in [0.717, 1.165) is 21.2 Å². The van der Waals surface area contributed by atoms with Gasteiger partial charge in [0.2, 0.25) is 0 Å². The van der Waals surface area contributed by atoms with Crippen LogP contribution in [0.25, 0.3) is 0 Å². The molecule has 2 aromatic rings. The van der Waals surface area contributed by atoms with Gasteiger partial charge in [-0.3, -0.25) is 10.1 Å². The zero-order valence-electron chi connectivity index (χ0n) is 10.2. The van der Waals surface area contributed by atoms with Gasteiger partial charge in [0.1, 0.15) is 17.6 Å². The van der Waals surface area contributed by atoms with Crippen LogP contribution in [0.2, 0.25) is 0 Å². The molecule has 1 heterocycles. The summed E-state index contributed by atoms with van der Waals surface area (Å²) in [6.45, 7) is 0. The molecular formula is C12H7Br2N3O4. The zero-order valence-corrected chi connectivity index (χ0v) is 13.4. The first-order valence-corrected chi connectivity index (χ1v) is 7.07. The molecule has 0 atom stereocenters. The highest BCUT2D eigenvalue weighted by molar-refractivity contribution is 9.11. The Labute approximate surface area is 135 Å². The number of pyridine rings is 1. The third-order valence-corrected chi connectivity index (χ3v) is 3.85. The summed E-state index contributed by atoms with van der Waals surface area (Å²) in [7, 11) is 0. The fraction of sp³-hybridized carbons (Fsp3) is 0. The Morgan fingerprint density at radius 3 is 2.48 bits per heavy atom. The van der Waals surface area contributed by atoms with Gasteiger partial charge in [-0.1, -0.05) is 6.07 Å². The van der Waals surface area contributed by atoms with Gasteiger partial charge >= 0.3 is 11.7 Å². The molecule has 0 fully saturated rings. The fourth-order valence-corrected chi connectivity index (χ4v) is 2.78. The third-order valence-electron chi connectivity index (χ3n) is 2.53. The van der Waals surface area contributed by atoms with E-state index >= 15 is 0 Å². The van der Waals surface area contributed by atoms with Gasteiger partial charge in [0.15, 0.2) is 0 Å². The molecule has 9 heteroatoms. The number of nitrogens with one attached hydrogen (secondary N) is 1. The van der Waals surface area contributed by atoms with Gasteiger partial charge in [0.05, 0.1) is 10.6 Å². The summed E-state index contributed by atoms with van der Waals surface area (Å²) in [5, 5.41) is 22.7. The minimum atomic E-state index is -1.39. The van der Waals surface area contributed by atoms with Crippen LogP contribution in [-0.4, -0.2) is 21.0 Å². The second-order valence-electron chi connectivity index (χ2n) is 3.87. The topological polar surface area (TPSA) is 105 Å². The second-order valence-corrected chi connectivity index (χ2v) is 5.58. The van der Waals surface area contributed by atoms with E-state index in [-0.39, 0.29) is 5.82 Å². The number of rotatable bonds is 4. The van der Waals surface area contributed by atoms with Gasteiger partial charge in [-0.05, 0) is 44.0 Å². The number of aromatic carboxylic acids is 1. The number of hydrogen-bond acceptors (Lipinski definition) is 5. The number of carbonyl (C=O) groups is 1. The molecule has 0 unspecified atom stereocenters. The van der Waals surface area contributed by atoms with Crippen LogP contribution in [0.3, 0.4) is 0 Å². The molecule has 7 nitrogen and oxygen atoms in total. The fourth-order valence-electron chi connectivity index (χ4n) is 1.58. The first-order valence-electron chi connectivity index (χ1n) is 5.49. The SMILES string of the molecule is O=C(O)c1cc(Nc2c(Br)cccc2Br)ncc1[N+](=O)[O-]. The van der Waals surface area contributed by atoms with Crippen LogP contribution in [-0.2, 0) is 0 Å². The Kier molecular flexibility index (Phi) is 4.53. The predicted molar refractivity (Wildman–Crippen MR) is 83.0 cm³/mol. The Morgan fingerprint density at radius 2 is 1.95 bits per heavy atom. The summed E-state index contributed by atoms with van der Waals surface area (Å²) in [4.78, 5) is 24.9. The third kappa shape index (κ3) is 3.37. The minimum absolute atomic E-state index is 0.186. The highest BCUT2D eigenvalue weighted by Gasteiger charge is 2.21. The van der Waals surface area contributed by atoms with Gasteiger partial charge in [-0.2, -0.15) is 0 Å². The number of halogens is 2. The van der Waals surface area contributed by atoms with E-state index in [2.05, 4.69) is 42.2 Å². The Morgan fingerprint density at radius 1 is 1.33 bits per heavy atom. The second kappa shape index (κ2) is 6.19. The molecule has 0 amide bonds. The van der Waals surface area contributed by atoms with Gasteiger partial charge in [-0.15, -0.1) is 0 Å². The number of nitrogens with zero attached hydrogens (tertiary/aromatic N) is 2. The van der Waals surface area contributed by atoms with Crippen LogP contribution in [0.5, 0.6) is 0 Å². The number of nitro groups is 1. The summed E-state index contributed by atoms with van der Waals surface area (Å²) in [5.41, 5.74) is -0.352. The largest absolute Gasteiger partial charge is 0.477 e. The molecule has 0 saturated carbocycles. The lowest BCUT2D eigenvalue weighted by molar-refractivity contribution is -0.385.